The average molecular weight is 315 g/mol. The highest BCUT2D eigenvalue weighted by Crippen LogP contribution is 2.23. The number of methoxy groups -OCH3 is 1. The molecule has 1 atom stereocenters. The Bertz CT molecular complexity index is 640. The van der Waals surface area contributed by atoms with Crippen molar-refractivity contribution in [1.82, 2.24) is 10.1 Å². The molecule has 1 N–H and O–H groups in total. The smallest absolute Gasteiger partial charge is 0.323 e. The summed E-state index contributed by atoms with van der Waals surface area (Å²) in [5, 5.41) is 6.73. The number of nitrogens with one attached hydrogen (secondary N) is 1. The van der Waals surface area contributed by atoms with Crippen LogP contribution in [0.4, 0.5) is 10.6 Å². The van der Waals surface area contributed by atoms with Crippen molar-refractivity contribution >= 4 is 11.8 Å². The minimum atomic E-state index is -0.140. The van der Waals surface area contributed by atoms with E-state index in [1.54, 1.807) is 13.2 Å². The summed E-state index contributed by atoms with van der Waals surface area (Å²) in [4.78, 5) is 14.2. The maximum Gasteiger partial charge on any atom is 0.323 e. The summed E-state index contributed by atoms with van der Waals surface area (Å²) in [6.45, 7) is 2.16. The van der Waals surface area contributed by atoms with Crippen LogP contribution in [0.2, 0.25) is 0 Å². The standard InChI is InChI=1S/C17H21N3O3/c1-22-12-13-6-5-9-20(11-13)17(21)18-16-10-15(23-19-16)14-7-3-2-4-8-14/h2-4,7-8,10,13H,5-6,9,11-12H2,1H3,(H,18,19,21). The Kier molecular flexibility index (Phi) is 4.92. The Hall–Kier alpha value is -2.34. The number of anilines is 1. The second kappa shape index (κ2) is 7.28. The summed E-state index contributed by atoms with van der Waals surface area (Å²) in [6.07, 6.45) is 2.09. The zero-order valence-corrected chi connectivity index (χ0v) is 13.2. The van der Waals surface area contributed by atoms with Crippen molar-refractivity contribution in [3.63, 3.8) is 0 Å². The van der Waals surface area contributed by atoms with E-state index in [2.05, 4.69) is 10.5 Å². The van der Waals surface area contributed by atoms with Gasteiger partial charge in [0.1, 0.15) is 0 Å². The zero-order valence-electron chi connectivity index (χ0n) is 13.2. The van der Waals surface area contributed by atoms with E-state index in [-0.39, 0.29) is 6.03 Å². The Labute approximate surface area is 135 Å². The van der Waals surface area contributed by atoms with Gasteiger partial charge in [0.2, 0.25) is 0 Å². The minimum Gasteiger partial charge on any atom is -0.384 e. The van der Waals surface area contributed by atoms with Gasteiger partial charge in [-0.3, -0.25) is 5.32 Å². The van der Waals surface area contributed by atoms with E-state index in [4.69, 9.17) is 9.26 Å². The Morgan fingerprint density at radius 3 is 3.04 bits per heavy atom. The third-order valence-corrected chi connectivity index (χ3v) is 4.01. The second-order valence-electron chi connectivity index (χ2n) is 5.78. The van der Waals surface area contributed by atoms with Crippen LogP contribution in [-0.4, -0.2) is 42.9 Å². The van der Waals surface area contributed by atoms with Gasteiger partial charge in [0, 0.05) is 37.7 Å². The summed E-state index contributed by atoms with van der Waals surface area (Å²) in [5.41, 5.74) is 0.929. The molecule has 3 rings (SSSR count). The third kappa shape index (κ3) is 3.90. The van der Waals surface area contributed by atoms with Crippen molar-refractivity contribution in [2.24, 2.45) is 5.92 Å². The van der Waals surface area contributed by atoms with E-state index >= 15 is 0 Å². The number of nitrogens with zero attached hydrogens (tertiary/aromatic N) is 2. The lowest BCUT2D eigenvalue weighted by Gasteiger charge is -2.32. The fourth-order valence-corrected chi connectivity index (χ4v) is 2.88. The quantitative estimate of drug-likeness (QED) is 0.940. The molecular weight excluding hydrogens is 294 g/mol. The Morgan fingerprint density at radius 1 is 1.43 bits per heavy atom. The number of urea groups is 1. The van der Waals surface area contributed by atoms with Gasteiger partial charge in [-0.1, -0.05) is 35.5 Å². The van der Waals surface area contributed by atoms with Crippen LogP contribution in [0, 0.1) is 5.92 Å². The highest BCUT2D eigenvalue weighted by atomic mass is 16.5. The van der Waals surface area contributed by atoms with Crippen LogP contribution in [0.3, 0.4) is 0 Å². The number of piperidine rings is 1. The van der Waals surface area contributed by atoms with Gasteiger partial charge in [-0.25, -0.2) is 4.79 Å². The molecule has 23 heavy (non-hydrogen) atoms. The summed E-state index contributed by atoms with van der Waals surface area (Å²) in [6, 6.07) is 11.3. The number of carbonyl (C=O) groups excluding carboxylic acids is 1. The molecule has 1 aliphatic rings. The maximum absolute atomic E-state index is 12.4. The Morgan fingerprint density at radius 2 is 2.26 bits per heavy atom. The van der Waals surface area contributed by atoms with E-state index in [9.17, 15) is 4.79 Å². The van der Waals surface area contributed by atoms with Crippen molar-refractivity contribution < 1.29 is 14.1 Å². The van der Waals surface area contributed by atoms with Gasteiger partial charge in [-0.05, 0) is 12.8 Å². The lowest BCUT2D eigenvalue weighted by Crippen LogP contribution is -2.43. The lowest BCUT2D eigenvalue weighted by molar-refractivity contribution is 0.104. The van der Waals surface area contributed by atoms with Gasteiger partial charge in [0.25, 0.3) is 0 Å². The molecule has 6 heteroatoms. The Balaban J connectivity index is 1.61. The first kappa shape index (κ1) is 15.6. The largest absolute Gasteiger partial charge is 0.384 e. The van der Waals surface area contributed by atoms with Gasteiger partial charge < -0.3 is 14.2 Å². The molecule has 1 unspecified atom stereocenters. The molecule has 0 bridgehead atoms. The molecule has 1 aromatic heterocycles. The van der Waals surface area contributed by atoms with Gasteiger partial charge in [-0.15, -0.1) is 0 Å². The normalized spacial score (nSPS) is 18.0. The molecule has 0 spiro atoms. The first-order valence-corrected chi connectivity index (χ1v) is 7.83. The van der Waals surface area contributed by atoms with Crippen LogP contribution in [0.15, 0.2) is 40.9 Å². The zero-order chi connectivity index (χ0) is 16.1. The molecule has 6 nitrogen and oxygen atoms in total. The van der Waals surface area contributed by atoms with Crippen LogP contribution >= 0.6 is 0 Å². The van der Waals surface area contributed by atoms with E-state index in [1.807, 2.05) is 35.2 Å². The predicted molar refractivity (Wildman–Crippen MR) is 87.1 cm³/mol. The molecule has 122 valence electrons. The summed E-state index contributed by atoms with van der Waals surface area (Å²) in [5.74, 6) is 1.47. The van der Waals surface area contributed by atoms with Crippen LogP contribution in [0.5, 0.6) is 0 Å². The minimum absolute atomic E-state index is 0.140. The van der Waals surface area contributed by atoms with Crippen molar-refractivity contribution in [2.75, 3.05) is 32.1 Å². The van der Waals surface area contributed by atoms with E-state index in [1.165, 1.54) is 0 Å². The van der Waals surface area contributed by atoms with Crippen molar-refractivity contribution in [3.05, 3.63) is 36.4 Å². The number of amides is 2. The lowest BCUT2D eigenvalue weighted by atomic mass is 9.99. The summed E-state index contributed by atoms with van der Waals surface area (Å²) >= 11 is 0. The monoisotopic (exact) mass is 315 g/mol. The van der Waals surface area contributed by atoms with Gasteiger partial charge in [-0.2, -0.15) is 0 Å². The molecule has 2 heterocycles. The van der Waals surface area contributed by atoms with Crippen LogP contribution in [0.1, 0.15) is 12.8 Å². The fraction of sp³-hybridized carbons (Fsp3) is 0.412. The van der Waals surface area contributed by atoms with Crippen molar-refractivity contribution in [1.29, 1.82) is 0 Å². The maximum atomic E-state index is 12.4. The first-order valence-electron chi connectivity index (χ1n) is 7.83. The highest BCUT2D eigenvalue weighted by molar-refractivity contribution is 5.88. The van der Waals surface area contributed by atoms with E-state index in [0.717, 1.165) is 24.9 Å². The molecule has 0 saturated carbocycles. The van der Waals surface area contributed by atoms with E-state index in [0.29, 0.717) is 30.6 Å². The van der Waals surface area contributed by atoms with Gasteiger partial charge in [0.05, 0.1) is 6.61 Å². The average Bonchev–Trinajstić information content (AvgIpc) is 3.05. The number of ether oxygens (including phenoxy) is 1. The third-order valence-electron chi connectivity index (χ3n) is 4.01. The number of carbonyl (C=O) groups is 1. The molecule has 0 aliphatic carbocycles. The molecule has 2 aromatic rings. The number of benzene rings is 1. The van der Waals surface area contributed by atoms with Crippen LogP contribution in [-0.2, 0) is 4.74 Å². The highest BCUT2D eigenvalue weighted by Gasteiger charge is 2.24. The summed E-state index contributed by atoms with van der Waals surface area (Å²) in [7, 11) is 1.69. The molecule has 0 radical (unpaired) electrons. The van der Waals surface area contributed by atoms with Crippen molar-refractivity contribution in [2.45, 2.75) is 12.8 Å². The van der Waals surface area contributed by atoms with Crippen LogP contribution < -0.4 is 5.32 Å². The molecular formula is C17H21N3O3. The number of hydrogen-bond acceptors (Lipinski definition) is 4. The fourth-order valence-electron chi connectivity index (χ4n) is 2.88. The van der Waals surface area contributed by atoms with Gasteiger partial charge >= 0.3 is 6.03 Å². The number of rotatable bonds is 4. The van der Waals surface area contributed by atoms with Crippen molar-refractivity contribution in [3.8, 4) is 11.3 Å². The number of hydrogen-bond donors (Lipinski definition) is 1. The second-order valence-corrected chi connectivity index (χ2v) is 5.78. The molecule has 1 saturated heterocycles. The molecule has 2 amide bonds. The predicted octanol–water partition coefficient (Wildman–Crippen LogP) is 3.23. The first-order chi connectivity index (χ1) is 11.3. The number of aromatic nitrogens is 1. The molecule has 1 aliphatic heterocycles. The van der Waals surface area contributed by atoms with E-state index < -0.39 is 0 Å². The molecule has 1 fully saturated rings. The molecule has 1 aromatic carbocycles. The number of likely N-dealkylation sites (tertiary alicyclic amines) is 1. The SMILES string of the molecule is COCC1CCCN(C(=O)Nc2cc(-c3ccccc3)on2)C1. The topological polar surface area (TPSA) is 67.6 Å². The van der Waals surface area contributed by atoms with Crippen LogP contribution in [0.25, 0.3) is 11.3 Å². The summed E-state index contributed by atoms with van der Waals surface area (Å²) < 4.78 is 10.5. The van der Waals surface area contributed by atoms with Gasteiger partial charge in [0.15, 0.2) is 11.6 Å².